The molecule has 0 spiro atoms. The van der Waals surface area contributed by atoms with Gasteiger partial charge in [0.25, 0.3) is 11.8 Å². The Morgan fingerprint density at radius 1 is 1.30 bits per heavy atom. The molecule has 1 atom stereocenters. The average molecular weight is 335 g/mol. The molecule has 1 aliphatic rings. The number of nitrogens with one attached hydrogen (secondary N) is 1. The lowest BCUT2D eigenvalue weighted by Gasteiger charge is -2.23. The van der Waals surface area contributed by atoms with E-state index < -0.39 is 15.4 Å². The molecule has 2 heterocycles. The van der Waals surface area contributed by atoms with Crippen molar-refractivity contribution in [1.29, 1.82) is 0 Å². The monoisotopic (exact) mass is 335 g/mol. The van der Waals surface area contributed by atoms with Crippen molar-refractivity contribution in [3.05, 3.63) is 35.7 Å². The van der Waals surface area contributed by atoms with Gasteiger partial charge in [0.2, 0.25) is 0 Å². The second kappa shape index (κ2) is 5.45. The van der Waals surface area contributed by atoms with E-state index in [1.807, 2.05) is 0 Å². The Morgan fingerprint density at radius 3 is 2.52 bits per heavy atom. The Hall–Kier alpha value is -2.22. The van der Waals surface area contributed by atoms with Crippen molar-refractivity contribution in [3.63, 3.8) is 0 Å². The van der Waals surface area contributed by atoms with Crippen molar-refractivity contribution in [2.75, 3.05) is 11.5 Å². The van der Waals surface area contributed by atoms with Crippen LogP contribution in [0.4, 0.5) is 0 Å². The highest BCUT2D eigenvalue weighted by atomic mass is 32.2. The Labute approximate surface area is 134 Å². The van der Waals surface area contributed by atoms with Crippen LogP contribution >= 0.6 is 0 Å². The lowest BCUT2D eigenvalue weighted by molar-refractivity contribution is 0.0915. The first-order chi connectivity index (χ1) is 10.8. The van der Waals surface area contributed by atoms with E-state index in [0.717, 1.165) is 5.56 Å². The zero-order chi connectivity index (χ0) is 16.7. The second-order valence-corrected chi connectivity index (χ2v) is 8.26. The van der Waals surface area contributed by atoms with Crippen LogP contribution in [-0.2, 0) is 9.84 Å². The smallest absolute Gasteiger partial charge is 0.257 e. The van der Waals surface area contributed by atoms with Crippen molar-refractivity contribution in [2.24, 2.45) is 0 Å². The fraction of sp³-hybridized carbons (Fsp3) is 0.400. The summed E-state index contributed by atoms with van der Waals surface area (Å²) in [5, 5.41) is 6.54. The minimum absolute atomic E-state index is 0.0227. The molecule has 8 heteroatoms. The van der Waals surface area contributed by atoms with Crippen molar-refractivity contribution in [1.82, 2.24) is 15.5 Å². The summed E-state index contributed by atoms with van der Waals surface area (Å²) in [5.41, 5.74) is 0.463. The van der Waals surface area contributed by atoms with Gasteiger partial charge in [-0.05, 0) is 44.5 Å². The van der Waals surface area contributed by atoms with E-state index >= 15 is 0 Å². The lowest BCUT2D eigenvalue weighted by atomic mass is 10.0. The lowest BCUT2D eigenvalue weighted by Crippen LogP contribution is -2.46. The van der Waals surface area contributed by atoms with Crippen LogP contribution in [-0.4, -0.2) is 41.5 Å². The summed E-state index contributed by atoms with van der Waals surface area (Å²) in [7, 11) is -3.06. The van der Waals surface area contributed by atoms with Crippen LogP contribution in [0.3, 0.4) is 0 Å². The predicted molar refractivity (Wildman–Crippen MR) is 83.6 cm³/mol. The topological polar surface area (TPSA) is 102 Å². The number of sulfone groups is 1. The van der Waals surface area contributed by atoms with Gasteiger partial charge >= 0.3 is 0 Å². The highest BCUT2D eigenvalue weighted by molar-refractivity contribution is 7.91. The van der Waals surface area contributed by atoms with E-state index in [4.69, 9.17) is 4.52 Å². The number of aryl methyl sites for hydroxylation is 1. The molecular weight excluding hydrogens is 318 g/mol. The van der Waals surface area contributed by atoms with Crippen LogP contribution in [0.5, 0.6) is 0 Å². The zero-order valence-corrected chi connectivity index (χ0v) is 13.7. The molecule has 0 aliphatic carbocycles. The fourth-order valence-electron chi connectivity index (χ4n) is 2.63. The van der Waals surface area contributed by atoms with Gasteiger partial charge in [0.1, 0.15) is 0 Å². The number of carbonyl (C=O) groups excluding carboxylic acids is 1. The minimum atomic E-state index is -3.06. The van der Waals surface area contributed by atoms with Gasteiger partial charge < -0.3 is 9.84 Å². The zero-order valence-electron chi connectivity index (χ0n) is 12.9. The van der Waals surface area contributed by atoms with Gasteiger partial charge in [0.05, 0.1) is 17.0 Å². The van der Waals surface area contributed by atoms with Crippen molar-refractivity contribution in [3.8, 4) is 11.5 Å². The number of nitrogens with zero attached hydrogens (tertiary/aromatic N) is 2. The van der Waals surface area contributed by atoms with Crippen LogP contribution in [0, 0.1) is 6.92 Å². The van der Waals surface area contributed by atoms with Gasteiger partial charge in [-0.15, -0.1) is 0 Å². The molecule has 1 amide bonds. The SMILES string of the molecule is Cc1noc(-c2ccc(C(=O)N[C@@]3(C)CCS(=O)(=O)C3)cc2)n1. The number of carbonyl (C=O) groups is 1. The Balaban J connectivity index is 1.73. The molecule has 1 aromatic heterocycles. The van der Waals surface area contributed by atoms with Gasteiger partial charge in [-0.1, -0.05) is 5.16 Å². The van der Waals surface area contributed by atoms with E-state index in [-0.39, 0.29) is 17.4 Å². The van der Waals surface area contributed by atoms with Gasteiger partial charge in [-0.3, -0.25) is 4.79 Å². The van der Waals surface area contributed by atoms with Crippen molar-refractivity contribution < 1.29 is 17.7 Å². The quantitative estimate of drug-likeness (QED) is 0.908. The van der Waals surface area contributed by atoms with Crippen LogP contribution in [0.25, 0.3) is 11.5 Å². The summed E-state index contributed by atoms with van der Waals surface area (Å²) in [4.78, 5) is 16.4. The van der Waals surface area contributed by atoms with Crippen molar-refractivity contribution in [2.45, 2.75) is 25.8 Å². The number of amides is 1. The van der Waals surface area contributed by atoms with Gasteiger partial charge in [0.15, 0.2) is 15.7 Å². The first kappa shape index (κ1) is 15.7. The molecule has 0 bridgehead atoms. The maximum absolute atomic E-state index is 12.3. The summed E-state index contributed by atoms with van der Waals surface area (Å²) in [6.07, 6.45) is 0.431. The molecular formula is C15H17N3O4S. The first-order valence-electron chi connectivity index (χ1n) is 7.20. The molecule has 0 radical (unpaired) electrons. The van der Waals surface area contributed by atoms with E-state index in [0.29, 0.717) is 23.7 Å². The summed E-state index contributed by atoms with van der Waals surface area (Å²) in [6.45, 7) is 3.48. The van der Waals surface area contributed by atoms with E-state index in [2.05, 4.69) is 15.5 Å². The molecule has 23 heavy (non-hydrogen) atoms. The molecule has 1 aromatic carbocycles. The second-order valence-electron chi connectivity index (χ2n) is 6.08. The molecule has 122 valence electrons. The molecule has 1 N–H and O–H groups in total. The molecule has 7 nitrogen and oxygen atoms in total. The molecule has 1 saturated heterocycles. The molecule has 2 aromatic rings. The van der Waals surface area contributed by atoms with Crippen LogP contribution < -0.4 is 5.32 Å². The third kappa shape index (κ3) is 3.42. The molecule has 0 saturated carbocycles. The maximum atomic E-state index is 12.3. The maximum Gasteiger partial charge on any atom is 0.257 e. The number of benzene rings is 1. The summed E-state index contributed by atoms with van der Waals surface area (Å²) in [5.74, 6) is 0.725. The average Bonchev–Trinajstić information content (AvgIpc) is 3.02. The van der Waals surface area contributed by atoms with Gasteiger partial charge in [-0.25, -0.2) is 8.42 Å². The van der Waals surface area contributed by atoms with Crippen molar-refractivity contribution >= 4 is 15.7 Å². The third-order valence-electron chi connectivity index (χ3n) is 3.84. The van der Waals surface area contributed by atoms with Gasteiger partial charge in [0, 0.05) is 11.1 Å². The Morgan fingerprint density at radius 2 is 2.00 bits per heavy atom. The highest BCUT2D eigenvalue weighted by Crippen LogP contribution is 2.24. The Kier molecular flexibility index (Phi) is 3.71. The fourth-order valence-corrected chi connectivity index (χ4v) is 4.73. The molecule has 0 unspecified atom stereocenters. The number of hydrogen-bond acceptors (Lipinski definition) is 6. The van der Waals surface area contributed by atoms with E-state index in [1.165, 1.54) is 0 Å². The number of rotatable bonds is 3. The van der Waals surface area contributed by atoms with E-state index in [9.17, 15) is 13.2 Å². The largest absolute Gasteiger partial charge is 0.346 e. The van der Waals surface area contributed by atoms with Crippen LogP contribution in [0.15, 0.2) is 28.8 Å². The summed E-state index contributed by atoms with van der Waals surface area (Å²) < 4.78 is 28.3. The third-order valence-corrected chi connectivity index (χ3v) is 5.74. The predicted octanol–water partition coefficient (Wildman–Crippen LogP) is 1.35. The highest BCUT2D eigenvalue weighted by Gasteiger charge is 2.39. The summed E-state index contributed by atoms with van der Waals surface area (Å²) in [6, 6.07) is 6.74. The minimum Gasteiger partial charge on any atom is -0.346 e. The normalized spacial score (nSPS) is 22.9. The Bertz CT molecular complexity index is 842. The molecule has 1 aliphatic heterocycles. The number of hydrogen-bond donors (Lipinski definition) is 1. The molecule has 1 fully saturated rings. The number of aromatic nitrogens is 2. The van der Waals surface area contributed by atoms with Crippen LogP contribution in [0.2, 0.25) is 0 Å². The molecule has 3 rings (SSSR count). The van der Waals surface area contributed by atoms with Gasteiger partial charge in [-0.2, -0.15) is 4.98 Å². The standard InChI is InChI=1S/C15H17N3O4S/c1-10-16-14(22-18-10)12-5-3-11(4-6-12)13(19)17-15(2)7-8-23(20,21)9-15/h3-6H,7-9H2,1-2H3,(H,17,19)/t15-/m0/s1. The van der Waals surface area contributed by atoms with Crippen LogP contribution in [0.1, 0.15) is 29.5 Å². The summed E-state index contributed by atoms with van der Waals surface area (Å²) >= 11 is 0. The van der Waals surface area contributed by atoms with E-state index in [1.54, 1.807) is 38.1 Å². The first-order valence-corrected chi connectivity index (χ1v) is 9.02.